The molecule has 0 spiro atoms. The zero-order valence-corrected chi connectivity index (χ0v) is 14.8. The first-order valence-corrected chi connectivity index (χ1v) is 9.60. The van der Waals surface area contributed by atoms with Crippen LogP contribution in [0.3, 0.4) is 0 Å². The van der Waals surface area contributed by atoms with Crippen LogP contribution in [0.15, 0.2) is 10.5 Å². The van der Waals surface area contributed by atoms with Crippen LogP contribution in [0.4, 0.5) is 0 Å². The number of hydrogen-bond acceptors (Lipinski definition) is 3. The maximum Gasteiger partial charge on any atom is 0.107 e. The minimum atomic E-state index is 0.342. The molecule has 3 unspecified atom stereocenters. The number of piperidine rings is 1. The maximum atomic E-state index is 6.22. The van der Waals surface area contributed by atoms with Gasteiger partial charge in [-0.05, 0) is 60.1 Å². The standard InChI is InChI=1S/C15H22BrClN2S/c16-11-8-14(20-15(11)17)13(9-18)19-7-3-5-10-4-1-2-6-12(10)19/h8,10,12-13H,1-7,9,18H2. The van der Waals surface area contributed by atoms with Crippen molar-refractivity contribution in [1.29, 1.82) is 0 Å². The summed E-state index contributed by atoms with van der Waals surface area (Å²) in [6, 6.07) is 3.25. The van der Waals surface area contributed by atoms with E-state index in [1.807, 2.05) is 0 Å². The second kappa shape index (κ2) is 6.66. The first kappa shape index (κ1) is 15.3. The first-order valence-electron chi connectivity index (χ1n) is 7.61. The Morgan fingerprint density at radius 2 is 2.10 bits per heavy atom. The van der Waals surface area contributed by atoms with E-state index in [2.05, 4.69) is 26.9 Å². The Labute approximate surface area is 138 Å². The quantitative estimate of drug-likeness (QED) is 0.818. The molecule has 1 aromatic heterocycles. The summed E-state index contributed by atoms with van der Waals surface area (Å²) in [5.74, 6) is 0.894. The highest BCUT2D eigenvalue weighted by Crippen LogP contribution is 2.42. The molecule has 5 heteroatoms. The van der Waals surface area contributed by atoms with Crippen molar-refractivity contribution in [3.8, 4) is 0 Å². The summed E-state index contributed by atoms with van der Waals surface area (Å²) in [6.45, 7) is 1.88. The molecule has 0 bridgehead atoms. The van der Waals surface area contributed by atoms with E-state index in [0.29, 0.717) is 12.6 Å². The van der Waals surface area contributed by atoms with Gasteiger partial charge in [0, 0.05) is 21.9 Å². The molecule has 2 fully saturated rings. The van der Waals surface area contributed by atoms with Crippen molar-refractivity contribution in [2.24, 2.45) is 11.7 Å². The lowest BCUT2D eigenvalue weighted by atomic mass is 9.77. The average molecular weight is 378 g/mol. The molecular weight excluding hydrogens is 356 g/mol. The van der Waals surface area contributed by atoms with Crippen LogP contribution in [0, 0.1) is 5.92 Å². The fourth-order valence-corrected chi connectivity index (χ4v) is 5.86. The van der Waals surface area contributed by atoms with Gasteiger partial charge < -0.3 is 5.73 Å². The van der Waals surface area contributed by atoms with Gasteiger partial charge >= 0.3 is 0 Å². The molecule has 1 aliphatic heterocycles. The molecule has 0 amide bonds. The monoisotopic (exact) mass is 376 g/mol. The first-order chi connectivity index (χ1) is 9.70. The normalized spacial score (nSPS) is 29.1. The van der Waals surface area contributed by atoms with Gasteiger partial charge in [-0.25, -0.2) is 0 Å². The van der Waals surface area contributed by atoms with Gasteiger partial charge in [0.2, 0.25) is 0 Å². The molecule has 3 atom stereocenters. The molecular formula is C15H22BrClN2S. The number of rotatable bonds is 3. The van der Waals surface area contributed by atoms with Gasteiger partial charge in [-0.2, -0.15) is 0 Å². The fourth-order valence-electron chi connectivity index (χ4n) is 3.99. The number of nitrogens with two attached hydrogens (primary N) is 1. The summed E-state index contributed by atoms with van der Waals surface area (Å²) in [7, 11) is 0. The van der Waals surface area contributed by atoms with Crippen LogP contribution in [0.2, 0.25) is 4.34 Å². The molecule has 1 saturated carbocycles. The predicted octanol–water partition coefficient (Wildman–Crippen LogP) is 4.82. The van der Waals surface area contributed by atoms with E-state index in [4.69, 9.17) is 17.3 Å². The minimum Gasteiger partial charge on any atom is -0.329 e. The van der Waals surface area contributed by atoms with E-state index >= 15 is 0 Å². The maximum absolute atomic E-state index is 6.22. The lowest BCUT2D eigenvalue weighted by Crippen LogP contribution is -2.49. The minimum absolute atomic E-state index is 0.342. The zero-order chi connectivity index (χ0) is 14.1. The molecule has 0 aromatic carbocycles. The van der Waals surface area contributed by atoms with E-state index in [9.17, 15) is 0 Å². The molecule has 3 rings (SSSR count). The molecule has 0 radical (unpaired) electrons. The Hall–Kier alpha value is 0.390. The topological polar surface area (TPSA) is 29.3 Å². The molecule has 2 nitrogen and oxygen atoms in total. The molecule has 2 heterocycles. The zero-order valence-electron chi connectivity index (χ0n) is 11.7. The highest BCUT2D eigenvalue weighted by atomic mass is 79.9. The van der Waals surface area contributed by atoms with E-state index in [0.717, 1.165) is 20.8 Å². The van der Waals surface area contributed by atoms with Crippen LogP contribution in [0.5, 0.6) is 0 Å². The van der Waals surface area contributed by atoms with Crippen molar-refractivity contribution >= 4 is 38.9 Å². The Bertz CT molecular complexity index is 443. The lowest BCUT2D eigenvalue weighted by molar-refractivity contribution is 0.0287. The van der Waals surface area contributed by atoms with Crippen LogP contribution in [-0.2, 0) is 0 Å². The van der Waals surface area contributed by atoms with Gasteiger partial charge in [0.1, 0.15) is 4.34 Å². The number of nitrogens with zero attached hydrogens (tertiary/aromatic N) is 1. The summed E-state index contributed by atoms with van der Waals surface area (Å²) in [5, 5.41) is 0. The van der Waals surface area contributed by atoms with Crippen LogP contribution in [-0.4, -0.2) is 24.0 Å². The number of halogens is 2. The van der Waals surface area contributed by atoms with Crippen molar-refractivity contribution in [2.75, 3.05) is 13.1 Å². The molecule has 20 heavy (non-hydrogen) atoms. The Balaban J connectivity index is 1.83. The predicted molar refractivity (Wildman–Crippen MR) is 90.5 cm³/mol. The molecule has 112 valence electrons. The number of likely N-dealkylation sites (tertiary alicyclic amines) is 1. The van der Waals surface area contributed by atoms with E-state index < -0.39 is 0 Å². The Morgan fingerprint density at radius 3 is 2.80 bits per heavy atom. The second-order valence-electron chi connectivity index (χ2n) is 6.01. The van der Waals surface area contributed by atoms with Crippen molar-refractivity contribution < 1.29 is 0 Å². The van der Waals surface area contributed by atoms with Crippen molar-refractivity contribution in [3.05, 3.63) is 19.8 Å². The highest BCUT2D eigenvalue weighted by Gasteiger charge is 2.37. The summed E-state index contributed by atoms with van der Waals surface area (Å²) < 4.78 is 1.85. The summed E-state index contributed by atoms with van der Waals surface area (Å²) in [6.07, 6.45) is 8.28. The largest absolute Gasteiger partial charge is 0.329 e. The van der Waals surface area contributed by atoms with Gasteiger partial charge in [-0.3, -0.25) is 4.90 Å². The van der Waals surface area contributed by atoms with Gasteiger partial charge in [0.05, 0.1) is 6.04 Å². The molecule has 1 aliphatic carbocycles. The van der Waals surface area contributed by atoms with Gasteiger partial charge in [-0.1, -0.05) is 24.4 Å². The van der Waals surface area contributed by atoms with Gasteiger partial charge in [0.25, 0.3) is 0 Å². The molecule has 1 aromatic rings. The third kappa shape index (κ3) is 2.95. The smallest absolute Gasteiger partial charge is 0.107 e. The highest BCUT2D eigenvalue weighted by molar-refractivity contribution is 9.10. The average Bonchev–Trinajstić information content (AvgIpc) is 2.79. The summed E-state index contributed by atoms with van der Waals surface area (Å²) in [4.78, 5) is 4.00. The molecule has 2 N–H and O–H groups in total. The van der Waals surface area contributed by atoms with Crippen LogP contribution < -0.4 is 5.73 Å². The third-order valence-electron chi connectivity index (χ3n) is 4.90. The Morgan fingerprint density at radius 1 is 1.35 bits per heavy atom. The van der Waals surface area contributed by atoms with Crippen LogP contribution in [0.25, 0.3) is 0 Å². The lowest BCUT2D eigenvalue weighted by Gasteiger charge is -2.47. The van der Waals surface area contributed by atoms with Crippen molar-refractivity contribution in [3.63, 3.8) is 0 Å². The number of fused-ring (bicyclic) bond motifs is 1. The van der Waals surface area contributed by atoms with Gasteiger partial charge in [0.15, 0.2) is 0 Å². The van der Waals surface area contributed by atoms with Crippen molar-refractivity contribution in [2.45, 2.75) is 50.6 Å². The fraction of sp³-hybridized carbons (Fsp3) is 0.733. The SMILES string of the molecule is NCC(c1cc(Br)c(Cl)s1)N1CCCC2CCCCC21. The van der Waals surface area contributed by atoms with E-state index in [1.54, 1.807) is 11.3 Å². The van der Waals surface area contributed by atoms with Gasteiger partial charge in [-0.15, -0.1) is 11.3 Å². The number of hydrogen-bond donors (Lipinski definition) is 1. The van der Waals surface area contributed by atoms with Crippen molar-refractivity contribution in [1.82, 2.24) is 4.90 Å². The molecule has 2 aliphatic rings. The Kier molecular flexibility index (Phi) is 5.09. The second-order valence-corrected chi connectivity index (χ2v) is 8.55. The van der Waals surface area contributed by atoms with E-state index in [1.165, 1.54) is 49.9 Å². The third-order valence-corrected chi connectivity index (χ3v) is 7.48. The summed E-state index contributed by atoms with van der Waals surface area (Å²) in [5.41, 5.74) is 6.12. The number of thiophene rings is 1. The van der Waals surface area contributed by atoms with Crippen LogP contribution >= 0.6 is 38.9 Å². The van der Waals surface area contributed by atoms with Crippen LogP contribution in [0.1, 0.15) is 49.4 Å². The summed E-state index contributed by atoms with van der Waals surface area (Å²) >= 11 is 11.4. The molecule has 1 saturated heterocycles. The van der Waals surface area contributed by atoms with E-state index in [-0.39, 0.29) is 0 Å².